The van der Waals surface area contributed by atoms with E-state index >= 15 is 0 Å². The maximum Gasteiger partial charge on any atom is 0.194 e. The van der Waals surface area contributed by atoms with E-state index in [2.05, 4.69) is 17.2 Å². The normalized spacial score (nSPS) is 25.1. The molecule has 1 aliphatic heterocycles. The van der Waals surface area contributed by atoms with E-state index in [-0.39, 0.29) is 6.10 Å². The second-order valence-electron chi connectivity index (χ2n) is 4.38. The minimum atomic E-state index is 0.126. The Balaban J connectivity index is 1.87. The van der Waals surface area contributed by atoms with Gasteiger partial charge in [-0.15, -0.1) is 0 Å². The van der Waals surface area contributed by atoms with Crippen molar-refractivity contribution < 1.29 is 9.15 Å². The van der Waals surface area contributed by atoms with Gasteiger partial charge in [-0.3, -0.25) is 0 Å². The van der Waals surface area contributed by atoms with Crippen molar-refractivity contribution in [3.8, 4) is 0 Å². The van der Waals surface area contributed by atoms with Gasteiger partial charge in [-0.1, -0.05) is 0 Å². The van der Waals surface area contributed by atoms with Crippen molar-refractivity contribution >= 4 is 0 Å². The zero-order valence-corrected chi connectivity index (χ0v) is 10.0. The molecule has 0 aromatic carbocycles. The molecule has 0 bridgehead atoms. The second kappa shape index (κ2) is 5.46. The molecule has 1 aliphatic rings. The van der Waals surface area contributed by atoms with Crippen LogP contribution in [0.3, 0.4) is 0 Å². The summed E-state index contributed by atoms with van der Waals surface area (Å²) < 4.78 is 11.4. The molecule has 2 unspecified atom stereocenters. The third-order valence-corrected chi connectivity index (χ3v) is 2.94. The third-order valence-electron chi connectivity index (χ3n) is 2.94. The average molecular weight is 224 g/mol. The molecule has 2 rings (SSSR count). The fraction of sp³-hybridized carbons (Fsp3) is 0.750. The molecule has 0 amide bonds. The fourth-order valence-corrected chi connectivity index (χ4v) is 2.02. The van der Waals surface area contributed by atoms with Crippen LogP contribution in [0, 0.1) is 0 Å². The van der Waals surface area contributed by atoms with Gasteiger partial charge < -0.3 is 14.5 Å². The highest BCUT2D eigenvalue weighted by molar-refractivity contribution is 5.00. The van der Waals surface area contributed by atoms with E-state index < -0.39 is 0 Å². The Labute approximate surface area is 96.4 Å². The molecule has 0 radical (unpaired) electrons. The van der Waals surface area contributed by atoms with E-state index in [1.54, 1.807) is 0 Å². The summed E-state index contributed by atoms with van der Waals surface area (Å²) in [6.07, 6.45) is 6.40. The molecule has 4 nitrogen and oxygen atoms in total. The molecule has 2 atom stereocenters. The van der Waals surface area contributed by atoms with E-state index in [0.29, 0.717) is 6.10 Å². The van der Waals surface area contributed by atoms with Crippen LogP contribution < -0.4 is 5.32 Å². The summed E-state index contributed by atoms with van der Waals surface area (Å²) in [6.45, 7) is 3.10. The summed E-state index contributed by atoms with van der Waals surface area (Å²) in [7, 11) is 1.95. The minimum Gasteiger partial charge on any atom is -0.443 e. The molecule has 1 aromatic rings. The Morgan fingerprint density at radius 2 is 2.38 bits per heavy atom. The standard InChI is InChI=1S/C12H20N2O2/c1-9-5-6-10(15-9)11-8-14-12(16-11)4-3-7-13-2/h8-10,13H,3-7H2,1-2H3. The number of ether oxygens (including phenoxy) is 1. The lowest BCUT2D eigenvalue weighted by atomic mass is 10.2. The molecule has 0 spiro atoms. The topological polar surface area (TPSA) is 47.3 Å². The van der Waals surface area contributed by atoms with Crippen LogP contribution in [-0.4, -0.2) is 24.7 Å². The highest BCUT2D eigenvalue weighted by Crippen LogP contribution is 2.32. The highest BCUT2D eigenvalue weighted by atomic mass is 16.5. The zero-order chi connectivity index (χ0) is 11.4. The van der Waals surface area contributed by atoms with Crippen LogP contribution in [0.25, 0.3) is 0 Å². The number of rotatable bonds is 5. The molecule has 1 saturated heterocycles. The molecular weight excluding hydrogens is 204 g/mol. The number of hydrogen-bond acceptors (Lipinski definition) is 4. The lowest BCUT2D eigenvalue weighted by Crippen LogP contribution is -2.08. The van der Waals surface area contributed by atoms with Gasteiger partial charge >= 0.3 is 0 Å². The molecule has 16 heavy (non-hydrogen) atoms. The van der Waals surface area contributed by atoms with Crippen molar-refractivity contribution in [2.45, 2.75) is 44.8 Å². The van der Waals surface area contributed by atoms with Crippen LogP contribution in [0.2, 0.25) is 0 Å². The smallest absolute Gasteiger partial charge is 0.194 e. The number of oxazole rings is 1. The molecule has 1 fully saturated rings. The number of hydrogen-bond donors (Lipinski definition) is 1. The Kier molecular flexibility index (Phi) is 3.96. The Hall–Kier alpha value is -0.870. The molecule has 0 saturated carbocycles. The van der Waals surface area contributed by atoms with Crippen LogP contribution in [0.15, 0.2) is 10.6 Å². The van der Waals surface area contributed by atoms with E-state index in [1.165, 1.54) is 0 Å². The van der Waals surface area contributed by atoms with Gasteiger partial charge in [-0.05, 0) is 39.8 Å². The van der Waals surface area contributed by atoms with Gasteiger partial charge in [0.05, 0.1) is 12.3 Å². The molecule has 1 N–H and O–H groups in total. The minimum absolute atomic E-state index is 0.126. The predicted octanol–water partition coefficient (Wildman–Crippen LogP) is 2.07. The van der Waals surface area contributed by atoms with E-state index in [0.717, 1.165) is 43.9 Å². The Morgan fingerprint density at radius 3 is 3.06 bits per heavy atom. The van der Waals surface area contributed by atoms with Crippen molar-refractivity contribution in [2.24, 2.45) is 0 Å². The number of aromatic nitrogens is 1. The average Bonchev–Trinajstić information content (AvgIpc) is 2.87. The quantitative estimate of drug-likeness (QED) is 0.778. The molecule has 90 valence electrons. The second-order valence-corrected chi connectivity index (χ2v) is 4.38. The van der Waals surface area contributed by atoms with Gasteiger partial charge in [0, 0.05) is 6.42 Å². The largest absolute Gasteiger partial charge is 0.443 e. The molecule has 1 aromatic heterocycles. The van der Waals surface area contributed by atoms with Gasteiger partial charge in [0.1, 0.15) is 6.10 Å². The van der Waals surface area contributed by atoms with Crippen LogP contribution in [-0.2, 0) is 11.2 Å². The van der Waals surface area contributed by atoms with Crippen LogP contribution in [0.4, 0.5) is 0 Å². The Morgan fingerprint density at radius 1 is 1.50 bits per heavy atom. The van der Waals surface area contributed by atoms with E-state index in [4.69, 9.17) is 9.15 Å². The predicted molar refractivity (Wildman–Crippen MR) is 61.3 cm³/mol. The lowest BCUT2D eigenvalue weighted by molar-refractivity contribution is 0.0417. The third kappa shape index (κ3) is 2.83. The van der Waals surface area contributed by atoms with Crippen molar-refractivity contribution in [1.82, 2.24) is 10.3 Å². The molecular formula is C12H20N2O2. The SMILES string of the molecule is CNCCCc1ncc(C2CCC(C)O2)o1. The summed E-state index contributed by atoms with van der Waals surface area (Å²) in [4.78, 5) is 4.28. The van der Waals surface area contributed by atoms with Gasteiger partial charge in [-0.2, -0.15) is 0 Å². The highest BCUT2D eigenvalue weighted by Gasteiger charge is 2.26. The molecule has 0 aliphatic carbocycles. The number of aryl methyl sites for hydroxylation is 1. The van der Waals surface area contributed by atoms with Crippen molar-refractivity contribution in [3.05, 3.63) is 17.8 Å². The molecule has 2 heterocycles. The first-order valence-electron chi connectivity index (χ1n) is 6.04. The van der Waals surface area contributed by atoms with E-state index in [9.17, 15) is 0 Å². The van der Waals surface area contributed by atoms with Crippen LogP contribution >= 0.6 is 0 Å². The first kappa shape index (κ1) is 11.6. The van der Waals surface area contributed by atoms with Gasteiger partial charge in [0.2, 0.25) is 0 Å². The van der Waals surface area contributed by atoms with Gasteiger partial charge in [0.15, 0.2) is 11.7 Å². The zero-order valence-electron chi connectivity index (χ0n) is 10.0. The van der Waals surface area contributed by atoms with Gasteiger partial charge in [-0.25, -0.2) is 4.98 Å². The Bertz CT molecular complexity index is 325. The summed E-state index contributed by atoms with van der Waals surface area (Å²) in [5, 5.41) is 3.11. The first-order chi connectivity index (χ1) is 7.79. The summed E-state index contributed by atoms with van der Waals surface area (Å²) in [5.41, 5.74) is 0. The van der Waals surface area contributed by atoms with Crippen molar-refractivity contribution in [1.29, 1.82) is 0 Å². The summed E-state index contributed by atoms with van der Waals surface area (Å²) >= 11 is 0. The van der Waals surface area contributed by atoms with E-state index in [1.807, 2.05) is 13.2 Å². The van der Waals surface area contributed by atoms with Crippen molar-refractivity contribution in [2.75, 3.05) is 13.6 Å². The molecule has 4 heteroatoms. The van der Waals surface area contributed by atoms with Crippen LogP contribution in [0.1, 0.15) is 43.9 Å². The maximum absolute atomic E-state index is 5.74. The van der Waals surface area contributed by atoms with Gasteiger partial charge in [0.25, 0.3) is 0 Å². The maximum atomic E-state index is 5.74. The lowest BCUT2D eigenvalue weighted by Gasteiger charge is -2.06. The summed E-state index contributed by atoms with van der Waals surface area (Å²) in [5.74, 6) is 1.72. The monoisotopic (exact) mass is 224 g/mol. The first-order valence-corrected chi connectivity index (χ1v) is 6.04. The number of nitrogens with zero attached hydrogens (tertiary/aromatic N) is 1. The van der Waals surface area contributed by atoms with Crippen LogP contribution in [0.5, 0.6) is 0 Å². The number of nitrogens with one attached hydrogen (secondary N) is 1. The van der Waals surface area contributed by atoms with Crippen molar-refractivity contribution in [3.63, 3.8) is 0 Å². The summed E-state index contributed by atoms with van der Waals surface area (Å²) in [6, 6.07) is 0. The fourth-order valence-electron chi connectivity index (χ4n) is 2.02.